The largest absolute Gasteiger partial charge is 0.463 e. The van der Waals surface area contributed by atoms with Crippen molar-refractivity contribution < 1.29 is 17.9 Å². The predicted octanol–water partition coefficient (Wildman–Crippen LogP) is 3.09. The molecular weight excluding hydrogens is 309 g/mol. The van der Waals surface area contributed by atoms with Crippen LogP contribution in [0.15, 0.2) is 0 Å². The third-order valence-electron chi connectivity index (χ3n) is 3.25. The number of rotatable bonds is 4. The van der Waals surface area contributed by atoms with Gasteiger partial charge in [0.1, 0.15) is 0 Å². The number of halogens is 4. The second-order valence-electron chi connectivity index (χ2n) is 4.84. The normalized spacial score (nSPS) is 17.1. The van der Waals surface area contributed by atoms with Crippen molar-refractivity contribution in [2.45, 2.75) is 32.4 Å². The Morgan fingerprint density at radius 2 is 1.90 bits per heavy atom. The Morgan fingerprint density at radius 3 is 2.48 bits per heavy atom. The lowest BCUT2D eigenvalue weighted by atomic mass is 9.96. The minimum Gasteiger partial charge on any atom is -0.463 e. The Balaban J connectivity index is 2.04. The van der Waals surface area contributed by atoms with Gasteiger partial charge in [-0.1, -0.05) is 6.92 Å². The highest BCUT2D eigenvalue weighted by Gasteiger charge is 2.41. The first-order valence-corrected chi connectivity index (χ1v) is 7.14. The van der Waals surface area contributed by atoms with Crippen LogP contribution in [0, 0.1) is 5.92 Å². The number of alkyl halides is 3. The molecule has 118 valence electrons. The number of hydrogen-bond acceptors (Lipinski definition) is 5. The highest BCUT2D eigenvalue weighted by atomic mass is 35.5. The first-order chi connectivity index (χ1) is 9.90. The quantitative estimate of drug-likeness (QED) is 0.852. The molecule has 0 bridgehead atoms. The molecule has 0 atom stereocenters. The van der Waals surface area contributed by atoms with Gasteiger partial charge in [-0.25, -0.2) is 0 Å². The summed E-state index contributed by atoms with van der Waals surface area (Å²) in [6.45, 7) is 2.84. The van der Waals surface area contributed by atoms with E-state index in [2.05, 4.69) is 15.0 Å². The van der Waals surface area contributed by atoms with E-state index in [1.807, 2.05) is 6.92 Å². The maximum Gasteiger partial charge on any atom is 0.391 e. The van der Waals surface area contributed by atoms with Gasteiger partial charge in [0.2, 0.25) is 11.2 Å². The zero-order valence-corrected chi connectivity index (χ0v) is 12.3. The summed E-state index contributed by atoms with van der Waals surface area (Å²) in [5.74, 6) is -0.997. The zero-order valence-electron chi connectivity index (χ0n) is 11.5. The minimum absolute atomic E-state index is 0.0240. The fourth-order valence-corrected chi connectivity index (χ4v) is 2.28. The molecular formula is C12H16ClF3N4O. The molecule has 0 spiro atoms. The molecule has 1 aliphatic rings. The van der Waals surface area contributed by atoms with Crippen molar-refractivity contribution in [2.75, 3.05) is 24.6 Å². The van der Waals surface area contributed by atoms with Crippen LogP contribution in [0.4, 0.5) is 19.1 Å². The Labute approximate surface area is 125 Å². The molecule has 0 aromatic carbocycles. The Kier molecular flexibility index (Phi) is 5.08. The van der Waals surface area contributed by atoms with Gasteiger partial charge in [-0.2, -0.15) is 28.1 Å². The molecule has 1 fully saturated rings. The van der Waals surface area contributed by atoms with Gasteiger partial charge in [0.25, 0.3) is 0 Å². The molecule has 0 aliphatic carbocycles. The van der Waals surface area contributed by atoms with Gasteiger partial charge in [0.05, 0.1) is 12.5 Å². The van der Waals surface area contributed by atoms with E-state index in [0.717, 1.165) is 6.42 Å². The van der Waals surface area contributed by atoms with Crippen LogP contribution in [-0.2, 0) is 0 Å². The van der Waals surface area contributed by atoms with Crippen LogP contribution in [0.1, 0.15) is 26.2 Å². The highest BCUT2D eigenvalue weighted by Crippen LogP contribution is 2.35. The fourth-order valence-electron chi connectivity index (χ4n) is 2.13. The lowest BCUT2D eigenvalue weighted by Gasteiger charge is -2.32. The van der Waals surface area contributed by atoms with Gasteiger partial charge in [-0.3, -0.25) is 0 Å². The molecule has 1 aromatic rings. The Bertz CT molecular complexity index is 478. The van der Waals surface area contributed by atoms with Crippen molar-refractivity contribution in [1.29, 1.82) is 0 Å². The molecule has 0 saturated carbocycles. The van der Waals surface area contributed by atoms with Gasteiger partial charge in [-0.15, -0.1) is 0 Å². The summed E-state index contributed by atoms with van der Waals surface area (Å²) >= 11 is 5.80. The summed E-state index contributed by atoms with van der Waals surface area (Å²) < 4.78 is 43.2. The van der Waals surface area contributed by atoms with Crippen LogP contribution in [0.2, 0.25) is 5.28 Å². The summed E-state index contributed by atoms with van der Waals surface area (Å²) in [4.78, 5) is 13.6. The number of aromatic nitrogens is 3. The van der Waals surface area contributed by atoms with Crippen molar-refractivity contribution in [3.63, 3.8) is 0 Å². The van der Waals surface area contributed by atoms with E-state index in [1.165, 1.54) is 0 Å². The topological polar surface area (TPSA) is 51.1 Å². The first-order valence-electron chi connectivity index (χ1n) is 6.76. The summed E-state index contributed by atoms with van der Waals surface area (Å²) in [6, 6.07) is 0.102. The fraction of sp³-hybridized carbons (Fsp3) is 0.750. The summed E-state index contributed by atoms with van der Waals surface area (Å²) in [5.41, 5.74) is 0. The van der Waals surface area contributed by atoms with Crippen molar-refractivity contribution in [1.82, 2.24) is 15.0 Å². The van der Waals surface area contributed by atoms with Crippen LogP contribution in [0.3, 0.4) is 0 Å². The third kappa shape index (κ3) is 4.33. The zero-order chi connectivity index (χ0) is 15.5. The SMILES string of the molecule is CCCOc1nc(Cl)nc(N2CCC(C(F)(F)F)CC2)n1. The number of anilines is 1. The Hall–Kier alpha value is -1.31. The molecule has 1 aliphatic heterocycles. The van der Waals surface area contributed by atoms with Crippen molar-refractivity contribution in [3.8, 4) is 6.01 Å². The number of piperidine rings is 1. The lowest BCUT2D eigenvalue weighted by molar-refractivity contribution is -0.179. The van der Waals surface area contributed by atoms with E-state index in [1.54, 1.807) is 4.90 Å². The maximum atomic E-state index is 12.6. The van der Waals surface area contributed by atoms with Gasteiger partial charge in [0.15, 0.2) is 0 Å². The second-order valence-corrected chi connectivity index (χ2v) is 5.18. The highest BCUT2D eigenvalue weighted by molar-refractivity contribution is 6.28. The molecule has 1 saturated heterocycles. The summed E-state index contributed by atoms with van der Waals surface area (Å²) in [6.07, 6.45) is -3.30. The average Bonchev–Trinajstić information content (AvgIpc) is 2.44. The molecule has 0 amide bonds. The van der Waals surface area contributed by atoms with Crippen LogP contribution in [-0.4, -0.2) is 40.8 Å². The number of ether oxygens (including phenoxy) is 1. The van der Waals surface area contributed by atoms with Crippen LogP contribution < -0.4 is 9.64 Å². The van der Waals surface area contributed by atoms with E-state index in [0.29, 0.717) is 6.61 Å². The molecule has 9 heteroatoms. The number of hydrogen-bond donors (Lipinski definition) is 0. The van der Waals surface area contributed by atoms with E-state index < -0.39 is 12.1 Å². The average molecular weight is 325 g/mol. The van der Waals surface area contributed by atoms with Gasteiger partial charge >= 0.3 is 12.2 Å². The van der Waals surface area contributed by atoms with E-state index in [4.69, 9.17) is 16.3 Å². The lowest BCUT2D eigenvalue weighted by Crippen LogP contribution is -2.39. The monoisotopic (exact) mass is 324 g/mol. The van der Waals surface area contributed by atoms with E-state index in [-0.39, 0.29) is 43.2 Å². The van der Waals surface area contributed by atoms with Gasteiger partial charge in [-0.05, 0) is 30.9 Å². The predicted molar refractivity (Wildman–Crippen MR) is 71.6 cm³/mol. The molecule has 2 heterocycles. The molecule has 1 aromatic heterocycles. The molecule has 5 nitrogen and oxygen atoms in total. The molecule has 0 unspecified atom stereocenters. The summed E-state index contributed by atoms with van der Waals surface area (Å²) in [7, 11) is 0. The van der Waals surface area contributed by atoms with Crippen LogP contribution in [0.25, 0.3) is 0 Å². The minimum atomic E-state index is -4.14. The van der Waals surface area contributed by atoms with Crippen molar-refractivity contribution >= 4 is 17.5 Å². The van der Waals surface area contributed by atoms with Crippen LogP contribution >= 0.6 is 11.6 Å². The molecule has 21 heavy (non-hydrogen) atoms. The molecule has 2 rings (SSSR count). The van der Waals surface area contributed by atoms with E-state index >= 15 is 0 Å². The maximum absolute atomic E-state index is 12.6. The first kappa shape index (κ1) is 16.1. The van der Waals surface area contributed by atoms with Gasteiger partial charge < -0.3 is 9.64 Å². The van der Waals surface area contributed by atoms with Gasteiger partial charge in [0, 0.05) is 13.1 Å². The van der Waals surface area contributed by atoms with Crippen molar-refractivity contribution in [2.24, 2.45) is 5.92 Å². The van der Waals surface area contributed by atoms with Crippen LogP contribution in [0.5, 0.6) is 6.01 Å². The van der Waals surface area contributed by atoms with Crippen molar-refractivity contribution in [3.05, 3.63) is 5.28 Å². The third-order valence-corrected chi connectivity index (χ3v) is 3.42. The van der Waals surface area contributed by atoms with E-state index in [9.17, 15) is 13.2 Å². The standard InChI is InChI=1S/C12H16ClF3N4O/c1-2-7-21-11-18-9(13)17-10(19-11)20-5-3-8(4-6-20)12(14,15)16/h8H,2-7H2,1H3. The Morgan fingerprint density at radius 1 is 1.24 bits per heavy atom. The molecule has 0 radical (unpaired) electrons. The molecule has 0 N–H and O–H groups in total. The number of nitrogens with zero attached hydrogens (tertiary/aromatic N) is 4. The summed E-state index contributed by atoms with van der Waals surface area (Å²) in [5, 5.41) is -0.0240. The smallest absolute Gasteiger partial charge is 0.391 e. The second kappa shape index (κ2) is 6.64.